The highest BCUT2D eigenvalue weighted by atomic mass is 35.5. The lowest BCUT2D eigenvalue weighted by Crippen LogP contribution is -2.58. The van der Waals surface area contributed by atoms with E-state index in [1.165, 1.54) is 0 Å². The van der Waals surface area contributed by atoms with Crippen molar-refractivity contribution in [3.8, 4) is 5.75 Å². The maximum Gasteiger partial charge on any atom is 0.261 e. The van der Waals surface area contributed by atoms with E-state index >= 15 is 0 Å². The molecule has 0 saturated carbocycles. The zero-order chi connectivity index (χ0) is 18.5. The molecule has 0 bridgehead atoms. The third-order valence-electron chi connectivity index (χ3n) is 3.20. The Labute approximate surface area is 153 Å². The molecule has 0 aliphatic carbocycles. The number of hydrogen-bond acceptors (Lipinski definition) is 3. The topological polar surface area (TPSA) is 67.4 Å². The molecule has 24 heavy (non-hydrogen) atoms. The van der Waals surface area contributed by atoms with Crippen LogP contribution >= 0.6 is 23.2 Å². The number of amides is 2. The Hall–Kier alpha value is -1.46. The molecule has 0 saturated heterocycles. The predicted molar refractivity (Wildman–Crippen MR) is 96.7 cm³/mol. The van der Waals surface area contributed by atoms with Crippen LogP contribution in [-0.4, -0.2) is 29.5 Å². The first kappa shape index (κ1) is 20.6. The van der Waals surface area contributed by atoms with E-state index in [4.69, 9.17) is 27.9 Å². The normalized spacial score (nSPS) is 12.7. The molecule has 0 aliphatic heterocycles. The Balaban J connectivity index is 2.80. The maximum absolute atomic E-state index is 12.5. The highest BCUT2D eigenvalue weighted by Crippen LogP contribution is 2.25. The van der Waals surface area contributed by atoms with Crippen LogP contribution in [0.25, 0.3) is 0 Å². The molecule has 0 aromatic heterocycles. The van der Waals surface area contributed by atoms with Gasteiger partial charge < -0.3 is 15.4 Å². The summed E-state index contributed by atoms with van der Waals surface area (Å²) in [6.07, 6.45) is -0.330. The molecule has 2 amide bonds. The fraction of sp³-hybridized carbons (Fsp3) is 0.529. The second-order valence-corrected chi connectivity index (χ2v) is 7.24. The van der Waals surface area contributed by atoms with Gasteiger partial charge in [0.1, 0.15) is 11.3 Å². The largest absolute Gasteiger partial charge is 0.481 e. The summed E-state index contributed by atoms with van der Waals surface area (Å²) in [7, 11) is 0. The Bertz CT molecular complexity index is 583. The van der Waals surface area contributed by atoms with Gasteiger partial charge in [-0.05, 0) is 52.3 Å². The first-order valence-corrected chi connectivity index (χ1v) is 8.56. The van der Waals surface area contributed by atoms with E-state index in [0.29, 0.717) is 22.2 Å². The van der Waals surface area contributed by atoms with E-state index in [1.54, 1.807) is 32.0 Å². The van der Waals surface area contributed by atoms with Crippen molar-refractivity contribution in [1.29, 1.82) is 0 Å². The van der Waals surface area contributed by atoms with E-state index in [2.05, 4.69) is 10.6 Å². The summed E-state index contributed by atoms with van der Waals surface area (Å²) in [6.45, 7) is 8.82. The highest BCUT2D eigenvalue weighted by molar-refractivity contribution is 6.34. The van der Waals surface area contributed by atoms with Gasteiger partial charge in [-0.1, -0.05) is 30.1 Å². The lowest BCUT2D eigenvalue weighted by atomic mass is 10.0. The first-order valence-electron chi connectivity index (χ1n) is 7.81. The third kappa shape index (κ3) is 6.21. The molecule has 7 heteroatoms. The zero-order valence-electron chi connectivity index (χ0n) is 14.6. The molecule has 0 aliphatic rings. The molecule has 1 rings (SSSR count). The molecule has 5 nitrogen and oxygen atoms in total. The van der Waals surface area contributed by atoms with Crippen molar-refractivity contribution >= 4 is 35.0 Å². The summed E-state index contributed by atoms with van der Waals surface area (Å²) < 4.78 is 5.68. The molecule has 0 radical (unpaired) electrons. The number of carbonyl (C=O) groups is 2. The lowest BCUT2D eigenvalue weighted by Gasteiger charge is -2.28. The van der Waals surface area contributed by atoms with Gasteiger partial charge in [-0.25, -0.2) is 0 Å². The predicted octanol–water partition coefficient (Wildman–Crippen LogP) is 3.57. The number of carbonyl (C=O) groups excluding carboxylic acids is 2. The van der Waals surface area contributed by atoms with Crippen LogP contribution in [-0.2, 0) is 9.59 Å². The number of rotatable bonds is 7. The van der Waals surface area contributed by atoms with Crippen LogP contribution in [0, 0.1) is 0 Å². The van der Waals surface area contributed by atoms with Crippen molar-refractivity contribution in [2.45, 2.75) is 58.7 Å². The van der Waals surface area contributed by atoms with Crippen LogP contribution in [0.4, 0.5) is 0 Å². The standard InChI is InChI=1S/C17H24Cl2N2O3/c1-6-14(24-13-8-11(18)7-12(19)9-13)15(22)21-17(4,5)16(23)20-10(2)3/h7-10,14H,6H2,1-5H3,(H,20,23)(H,21,22). The average molecular weight is 375 g/mol. The Morgan fingerprint density at radius 1 is 1.17 bits per heavy atom. The van der Waals surface area contributed by atoms with Gasteiger partial charge in [0.05, 0.1) is 0 Å². The van der Waals surface area contributed by atoms with E-state index in [1.807, 2.05) is 20.8 Å². The highest BCUT2D eigenvalue weighted by Gasteiger charge is 2.32. The minimum Gasteiger partial charge on any atom is -0.481 e. The van der Waals surface area contributed by atoms with Gasteiger partial charge >= 0.3 is 0 Å². The van der Waals surface area contributed by atoms with Crippen molar-refractivity contribution in [1.82, 2.24) is 10.6 Å². The second kappa shape index (κ2) is 8.58. The van der Waals surface area contributed by atoms with Crippen molar-refractivity contribution in [3.63, 3.8) is 0 Å². The number of benzene rings is 1. The summed E-state index contributed by atoms with van der Waals surface area (Å²) in [5.74, 6) is -0.233. The number of hydrogen-bond donors (Lipinski definition) is 2. The molecule has 1 unspecified atom stereocenters. The molecule has 2 N–H and O–H groups in total. The van der Waals surface area contributed by atoms with Crippen LogP contribution in [0.5, 0.6) is 5.75 Å². The van der Waals surface area contributed by atoms with Gasteiger partial charge in [0.2, 0.25) is 5.91 Å². The van der Waals surface area contributed by atoms with Crippen LogP contribution in [0.3, 0.4) is 0 Å². The summed E-state index contributed by atoms with van der Waals surface area (Å²) >= 11 is 11.9. The van der Waals surface area contributed by atoms with Crippen LogP contribution in [0.15, 0.2) is 18.2 Å². The molecule has 1 aromatic rings. The Morgan fingerprint density at radius 2 is 1.71 bits per heavy atom. The second-order valence-electron chi connectivity index (χ2n) is 6.36. The average Bonchev–Trinajstić information content (AvgIpc) is 2.42. The van der Waals surface area contributed by atoms with Crippen molar-refractivity contribution < 1.29 is 14.3 Å². The molecule has 0 spiro atoms. The smallest absolute Gasteiger partial charge is 0.261 e. The van der Waals surface area contributed by atoms with Crippen LogP contribution in [0.2, 0.25) is 10.0 Å². The van der Waals surface area contributed by atoms with Gasteiger partial charge in [-0.15, -0.1) is 0 Å². The molecular weight excluding hydrogens is 351 g/mol. The summed E-state index contributed by atoms with van der Waals surface area (Å²) in [5.41, 5.74) is -1.05. The van der Waals surface area contributed by atoms with Gasteiger partial charge in [0.15, 0.2) is 6.10 Å². The SMILES string of the molecule is CCC(Oc1cc(Cl)cc(Cl)c1)C(=O)NC(C)(C)C(=O)NC(C)C. The van der Waals surface area contributed by atoms with Gasteiger partial charge in [0, 0.05) is 16.1 Å². The number of nitrogens with one attached hydrogen (secondary N) is 2. The molecule has 0 fully saturated rings. The summed E-state index contributed by atoms with van der Waals surface area (Å²) in [5, 5.41) is 6.34. The first-order chi connectivity index (χ1) is 11.0. The fourth-order valence-electron chi connectivity index (χ4n) is 1.97. The monoisotopic (exact) mass is 374 g/mol. The Morgan fingerprint density at radius 3 is 2.17 bits per heavy atom. The molecule has 1 atom stereocenters. The van der Waals surface area contributed by atoms with Gasteiger partial charge in [-0.3, -0.25) is 9.59 Å². The van der Waals surface area contributed by atoms with Gasteiger partial charge in [-0.2, -0.15) is 0 Å². The van der Waals surface area contributed by atoms with E-state index in [0.717, 1.165) is 0 Å². The quantitative estimate of drug-likeness (QED) is 0.766. The molecular formula is C17H24Cl2N2O3. The number of ether oxygens (including phenoxy) is 1. The van der Waals surface area contributed by atoms with Crippen LogP contribution in [0.1, 0.15) is 41.0 Å². The van der Waals surface area contributed by atoms with Crippen LogP contribution < -0.4 is 15.4 Å². The minimum absolute atomic E-state index is 0.0134. The number of halogens is 2. The fourth-order valence-corrected chi connectivity index (χ4v) is 2.48. The third-order valence-corrected chi connectivity index (χ3v) is 3.64. The molecule has 134 valence electrons. The molecule has 0 heterocycles. The van der Waals surface area contributed by atoms with Crippen molar-refractivity contribution in [2.24, 2.45) is 0 Å². The summed E-state index contributed by atoms with van der Waals surface area (Å²) in [6, 6.07) is 4.73. The lowest BCUT2D eigenvalue weighted by molar-refractivity contribution is -0.136. The Kier molecular flexibility index (Phi) is 7.36. The van der Waals surface area contributed by atoms with Gasteiger partial charge in [0.25, 0.3) is 5.91 Å². The summed E-state index contributed by atoms with van der Waals surface area (Å²) in [4.78, 5) is 24.6. The molecule has 1 aromatic carbocycles. The van der Waals surface area contributed by atoms with E-state index in [9.17, 15) is 9.59 Å². The zero-order valence-corrected chi connectivity index (χ0v) is 16.1. The van der Waals surface area contributed by atoms with Crippen molar-refractivity contribution in [3.05, 3.63) is 28.2 Å². The minimum atomic E-state index is -1.05. The van der Waals surface area contributed by atoms with E-state index in [-0.39, 0.29) is 17.9 Å². The van der Waals surface area contributed by atoms with Crippen molar-refractivity contribution in [2.75, 3.05) is 0 Å². The van der Waals surface area contributed by atoms with E-state index < -0.39 is 11.6 Å². The maximum atomic E-state index is 12.5.